The van der Waals surface area contributed by atoms with E-state index in [0.29, 0.717) is 21.9 Å². The number of aldehydes is 1. The van der Waals surface area contributed by atoms with Crippen LogP contribution in [0, 0.1) is 0 Å². The maximum atomic E-state index is 11.0. The van der Waals surface area contributed by atoms with Gasteiger partial charge in [0.15, 0.2) is 0 Å². The predicted molar refractivity (Wildman–Crippen MR) is 66.4 cm³/mol. The van der Waals surface area contributed by atoms with E-state index >= 15 is 0 Å². The summed E-state index contributed by atoms with van der Waals surface area (Å²) in [6, 6.07) is 4.99. The van der Waals surface area contributed by atoms with Crippen molar-refractivity contribution in [3.8, 4) is 0 Å². The Hall–Kier alpha value is -1.32. The van der Waals surface area contributed by atoms with E-state index < -0.39 is 11.9 Å². The van der Waals surface area contributed by atoms with Gasteiger partial charge < -0.3 is 9.53 Å². The second kappa shape index (κ2) is 6.42. The maximum absolute atomic E-state index is 11.0. The summed E-state index contributed by atoms with van der Waals surface area (Å²) in [7, 11) is 1.26. The SMILES string of the molecule is COC(=O)C=CC(C=O)c1cccc(Cl)c1Cl. The molecule has 1 aromatic carbocycles. The summed E-state index contributed by atoms with van der Waals surface area (Å²) in [6.45, 7) is 0. The molecule has 3 nitrogen and oxygen atoms in total. The lowest BCUT2D eigenvalue weighted by Gasteiger charge is -2.08. The van der Waals surface area contributed by atoms with Crippen molar-refractivity contribution < 1.29 is 14.3 Å². The van der Waals surface area contributed by atoms with Gasteiger partial charge in [-0.2, -0.15) is 0 Å². The zero-order valence-electron chi connectivity index (χ0n) is 9.02. The van der Waals surface area contributed by atoms with Gasteiger partial charge in [0.05, 0.1) is 23.1 Å². The van der Waals surface area contributed by atoms with Crippen LogP contribution in [-0.2, 0) is 14.3 Å². The minimum Gasteiger partial charge on any atom is -0.466 e. The highest BCUT2D eigenvalue weighted by Gasteiger charge is 2.13. The Morgan fingerprint density at radius 3 is 2.71 bits per heavy atom. The van der Waals surface area contributed by atoms with Crippen LogP contribution in [0.2, 0.25) is 10.0 Å². The molecule has 0 fully saturated rings. The van der Waals surface area contributed by atoms with Gasteiger partial charge in [0.25, 0.3) is 0 Å². The van der Waals surface area contributed by atoms with Crippen molar-refractivity contribution in [1.82, 2.24) is 0 Å². The van der Waals surface area contributed by atoms with Crippen molar-refractivity contribution in [2.45, 2.75) is 5.92 Å². The molecule has 1 rings (SSSR count). The number of methoxy groups -OCH3 is 1. The fourth-order valence-corrected chi connectivity index (χ4v) is 1.68. The molecule has 0 spiro atoms. The van der Waals surface area contributed by atoms with Crippen molar-refractivity contribution in [3.63, 3.8) is 0 Å². The maximum Gasteiger partial charge on any atom is 0.330 e. The minimum absolute atomic E-state index is 0.306. The Labute approximate surface area is 109 Å². The molecule has 0 bridgehead atoms. The molecule has 0 heterocycles. The number of benzene rings is 1. The molecule has 17 heavy (non-hydrogen) atoms. The van der Waals surface area contributed by atoms with E-state index in [0.717, 1.165) is 0 Å². The summed E-state index contributed by atoms with van der Waals surface area (Å²) in [5.74, 6) is -1.16. The lowest BCUT2D eigenvalue weighted by molar-refractivity contribution is -0.134. The average molecular weight is 273 g/mol. The number of esters is 1. The summed E-state index contributed by atoms with van der Waals surface area (Å²) in [4.78, 5) is 21.9. The molecule has 0 aromatic heterocycles. The number of ether oxygens (including phenoxy) is 1. The first kappa shape index (κ1) is 13.7. The van der Waals surface area contributed by atoms with E-state index in [1.165, 1.54) is 19.3 Å². The molecule has 0 amide bonds. The van der Waals surface area contributed by atoms with Crippen LogP contribution < -0.4 is 0 Å². The molecular weight excluding hydrogens is 263 g/mol. The quantitative estimate of drug-likeness (QED) is 0.481. The van der Waals surface area contributed by atoms with Gasteiger partial charge in [0, 0.05) is 6.08 Å². The largest absolute Gasteiger partial charge is 0.466 e. The molecule has 1 aromatic rings. The van der Waals surface area contributed by atoms with Crippen molar-refractivity contribution in [1.29, 1.82) is 0 Å². The van der Waals surface area contributed by atoms with Crippen LogP contribution in [0.25, 0.3) is 0 Å². The first-order chi connectivity index (χ1) is 8.10. The van der Waals surface area contributed by atoms with Gasteiger partial charge in [-0.3, -0.25) is 0 Å². The first-order valence-corrected chi connectivity index (χ1v) is 5.51. The molecule has 1 unspecified atom stereocenters. The lowest BCUT2D eigenvalue weighted by Crippen LogP contribution is -2.00. The smallest absolute Gasteiger partial charge is 0.330 e. The van der Waals surface area contributed by atoms with Crippen LogP contribution >= 0.6 is 23.2 Å². The van der Waals surface area contributed by atoms with E-state index in [2.05, 4.69) is 4.74 Å². The van der Waals surface area contributed by atoms with E-state index in [1.807, 2.05) is 0 Å². The molecule has 1 atom stereocenters. The third-order valence-electron chi connectivity index (χ3n) is 2.13. The Morgan fingerprint density at radius 1 is 1.41 bits per heavy atom. The minimum atomic E-state index is -0.625. The number of rotatable bonds is 4. The Balaban J connectivity index is 3.02. The highest BCUT2D eigenvalue weighted by Crippen LogP contribution is 2.30. The Morgan fingerprint density at radius 2 is 2.12 bits per heavy atom. The molecule has 0 radical (unpaired) electrons. The molecule has 0 N–H and O–H groups in total. The second-order valence-corrected chi connectivity index (χ2v) is 3.97. The van der Waals surface area contributed by atoms with Gasteiger partial charge in [-0.25, -0.2) is 4.79 Å². The number of allylic oxidation sites excluding steroid dienone is 1. The highest BCUT2D eigenvalue weighted by atomic mass is 35.5. The zero-order valence-corrected chi connectivity index (χ0v) is 10.5. The van der Waals surface area contributed by atoms with Gasteiger partial charge in [0.2, 0.25) is 0 Å². The summed E-state index contributed by atoms with van der Waals surface area (Å²) in [5, 5.41) is 0.670. The molecule has 0 saturated carbocycles. The zero-order chi connectivity index (χ0) is 12.8. The summed E-state index contributed by atoms with van der Waals surface area (Å²) in [6.07, 6.45) is 3.27. The second-order valence-electron chi connectivity index (χ2n) is 3.19. The van der Waals surface area contributed by atoms with E-state index in [9.17, 15) is 9.59 Å². The molecule has 0 aliphatic rings. The Bertz CT molecular complexity index is 455. The van der Waals surface area contributed by atoms with Crippen molar-refractivity contribution in [3.05, 3.63) is 46.0 Å². The fraction of sp³-hybridized carbons (Fsp3) is 0.167. The number of halogens is 2. The molecule has 0 aliphatic heterocycles. The molecule has 5 heteroatoms. The van der Waals surface area contributed by atoms with E-state index in [4.69, 9.17) is 23.2 Å². The summed E-state index contributed by atoms with van der Waals surface area (Å²) < 4.78 is 4.43. The van der Waals surface area contributed by atoms with Crippen molar-refractivity contribution >= 4 is 35.5 Å². The number of hydrogen-bond acceptors (Lipinski definition) is 3. The van der Waals surface area contributed by atoms with Gasteiger partial charge >= 0.3 is 5.97 Å². The van der Waals surface area contributed by atoms with Gasteiger partial charge in [-0.05, 0) is 11.6 Å². The van der Waals surface area contributed by atoms with Gasteiger partial charge in [-0.1, -0.05) is 41.4 Å². The highest BCUT2D eigenvalue weighted by molar-refractivity contribution is 6.42. The van der Waals surface area contributed by atoms with Crippen LogP contribution in [-0.4, -0.2) is 19.4 Å². The third kappa shape index (κ3) is 3.58. The van der Waals surface area contributed by atoms with E-state index in [-0.39, 0.29) is 0 Å². The van der Waals surface area contributed by atoms with Crippen LogP contribution in [0.5, 0.6) is 0 Å². The van der Waals surface area contributed by atoms with Crippen LogP contribution in [0.4, 0.5) is 0 Å². The van der Waals surface area contributed by atoms with E-state index in [1.54, 1.807) is 18.2 Å². The molecular formula is C12H10Cl2O3. The van der Waals surface area contributed by atoms with Crippen LogP contribution in [0.1, 0.15) is 11.5 Å². The topological polar surface area (TPSA) is 43.4 Å². The number of carbonyl (C=O) groups is 2. The lowest BCUT2D eigenvalue weighted by atomic mass is 10.00. The van der Waals surface area contributed by atoms with Gasteiger partial charge in [-0.15, -0.1) is 0 Å². The standard InChI is InChI=1S/C12H10Cl2O3/c1-17-11(16)6-5-8(7-15)9-3-2-4-10(13)12(9)14/h2-8H,1H3. The Kier molecular flexibility index (Phi) is 5.19. The summed E-state index contributed by atoms with van der Waals surface area (Å²) >= 11 is 11.8. The number of carbonyl (C=O) groups excluding carboxylic acids is 2. The first-order valence-electron chi connectivity index (χ1n) is 4.75. The molecule has 0 aliphatic carbocycles. The monoisotopic (exact) mass is 272 g/mol. The van der Waals surface area contributed by atoms with Crippen LogP contribution in [0.3, 0.4) is 0 Å². The van der Waals surface area contributed by atoms with Crippen LogP contribution in [0.15, 0.2) is 30.4 Å². The third-order valence-corrected chi connectivity index (χ3v) is 2.96. The predicted octanol–water partition coefficient (Wildman–Crippen LogP) is 3.01. The fourth-order valence-electron chi connectivity index (χ4n) is 1.25. The molecule has 90 valence electrons. The van der Waals surface area contributed by atoms with Gasteiger partial charge in [0.1, 0.15) is 6.29 Å². The molecule has 0 saturated heterocycles. The van der Waals surface area contributed by atoms with Crippen molar-refractivity contribution in [2.75, 3.05) is 7.11 Å². The summed E-state index contributed by atoms with van der Waals surface area (Å²) in [5.41, 5.74) is 0.550. The van der Waals surface area contributed by atoms with Crippen molar-refractivity contribution in [2.24, 2.45) is 0 Å². The normalized spacial score (nSPS) is 12.4. The average Bonchev–Trinajstić information content (AvgIpc) is 2.34. The number of hydrogen-bond donors (Lipinski definition) is 0.